The monoisotopic (exact) mass is 787 g/mol. The summed E-state index contributed by atoms with van der Waals surface area (Å²) in [6.07, 6.45) is 4.56. The smallest absolute Gasteiger partial charge is 0.748 e. The number of nitrogens with zero attached hydrogens (tertiary/aromatic N) is 3. The molecule has 1 saturated heterocycles. The van der Waals surface area contributed by atoms with E-state index in [2.05, 4.69) is 0 Å². The zero-order valence-corrected chi connectivity index (χ0v) is 33.9. The van der Waals surface area contributed by atoms with Crippen LogP contribution in [-0.2, 0) is 32.7 Å². The van der Waals surface area contributed by atoms with E-state index in [1.807, 2.05) is 47.4 Å². The van der Waals surface area contributed by atoms with E-state index < -0.39 is 34.3 Å². The van der Waals surface area contributed by atoms with Crippen molar-refractivity contribution < 1.29 is 88.5 Å². The Morgan fingerprint density at radius 2 is 1.69 bits per heavy atom. The third kappa shape index (κ3) is 9.68. The number of aliphatic carboxylic acids is 1. The van der Waals surface area contributed by atoms with E-state index in [9.17, 15) is 32.5 Å². The van der Waals surface area contributed by atoms with Crippen molar-refractivity contribution in [2.75, 3.05) is 38.0 Å². The third-order valence-corrected chi connectivity index (χ3v) is 12.0. The predicted octanol–water partition coefficient (Wildman–Crippen LogP) is -0.214. The fourth-order valence-electron chi connectivity index (χ4n) is 5.07. The maximum absolute atomic E-state index is 13.9. The molecule has 18 heteroatoms. The Bertz CT molecular complexity index is 2080. The Kier molecular flexibility index (Phi) is 14.2. The van der Waals surface area contributed by atoms with Gasteiger partial charge in [0.25, 0.3) is 11.5 Å². The van der Waals surface area contributed by atoms with Crippen molar-refractivity contribution in [2.24, 2.45) is 0 Å². The van der Waals surface area contributed by atoms with Crippen LogP contribution in [0.1, 0.15) is 18.4 Å². The summed E-state index contributed by atoms with van der Waals surface area (Å²) in [7, 11) is -1.29. The van der Waals surface area contributed by atoms with Gasteiger partial charge in [-0.1, -0.05) is 66.1 Å². The van der Waals surface area contributed by atoms with Crippen molar-refractivity contribution in [2.45, 2.75) is 30.7 Å². The third-order valence-electron chi connectivity index (χ3n) is 7.35. The molecule has 0 spiro atoms. The summed E-state index contributed by atoms with van der Waals surface area (Å²) in [4.78, 5) is 42.6. The number of carboxylic acid groups (broad SMARTS) is 1. The first-order valence-electron chi connectivity index (χ1n) is 14.5. The van der Waals surface area contributed by atoms with Gasteiger partial charge >= 0.3 is 57.4 Å². The number of aryl methyl sites for hydroxylation is 1. The molecule has 5 rings (SSSR count). The normalized spacial score (nSPS) is 16.7. The van der Waals surface area contributed by atoms with Gasteiger partial charge < -0.3 is 24.0 Å². The molecule has 0 saturated carbocycles. The fourth-order valence-corrected chi connectivity index (χ4v) is 9.21. The molecule has 12 nitrogen and oxygen atoms in total. The Morgan fingerprint density at radius 3 is 2.35 bits per heavy atom. The number of allylic oxidation sites excluding steroid dienone is 1. The molecule has 2 aliphatic rings. The summed E-state index contributed by atoms with van der Waals surface area (Å²) < 4.78 is 46.9. The summed E-state index contributed by atoms with van der Waals surface area (Å²) in [5.74, 6) is -1.21. The number of thioether (sulfide) groups is 2. The fraction of sp³-hybridized carbons (Fsp3) is 0.290. The van der Waals surface area contributed by atoms with Gasteiger partial charge in [0, 0.05) is 35.9 Å². The average molecular weight is 788 g/mol. The molecule has 0 aliphatic carbocycles. The molecule has 254 valence electrons. The first-order chi connectivity index (χ1) is 22.9. The van der Waals surface area contributed by atoms with E-state index in [1.54, 1.807) is 12.2 Å². The molecule has 2 aliphatic heterocycles. The van der Waals surface area contributed by atoms with Crippen LogP contribution in [0.25, 0.3) is 11.0 Å². The maximum atomic E-state index is 13.9. The SMILES string of the molecule is COc1cc2c(cc1OC)N(CCCCS(=O)(=O)[O-])/C(=C\C=c1/s/c(=C3/SC(=S)N(CC(=O)O)C3=O)n(CCc3ccccc3)c1=O)S2.[K+]. The van der Waals surface area contributed by atoms with Gasteiger partial charge in [-0.3, -0.25) is 23.9 Å². The second-order valence-corrected chi connectivity index (χ2v) is 15.8. The molecule has 1 fully saturated rings. The number of anilines is 1. The van der Waals surface area contributed by atoms with E-state index in [4.69, 9.17) is 21.7 Å². The van der Waals surface area contributed by atoms with Crippen LogP contribution < -0.4 is 80.5 Å². The average Bonchev–Trinajstić information content (AvgIpc) is 3.65. The quantitative estimate of drug-likeness (QED) is 0.105. The largest absolute Gasteiger partial charge is 1.00 e. The number of carbonyl (C=O) groups excluding carboxylic acids is 1. The summed E-state index contributed by atoms with van der Waals surface area (Å²) >= 11 is 8.83. The van der Waals surface area contributed by atoms with Gasteiger partial charge in [0.1, 0.15) is 20.4 Å². The summed E-state index contributed by atoms with van der Waals surface area (Å²) in [5.41, 5.74) is 1.48. The molecule has 0 radical (unpaired) electrons. The van der Waals surface area contributed by atoms with Crippen LogP contribution in [0.4, 0.5) is 5.69 Å². The number of methoxy groups -OCH3 is 2. The minimum atomic E-state index is -4.35. The second kappa shape index (κ2) is 17.5. The maximum Gasteiger partial charge on any atom is 1.00 e. The molecule has 2 aromatic carbocycles. The molecular formula is C31H30KN3O9S5. The zero-order chi connectivity index (χ0) is 34.6. The standard InChI is InChI=1S/C31H31N3O9S5.K/c1-42-21-16-20-24(17-22(21)43-2)45-25(32(20)13-6-7-15-48(39,40)41)11-10-23-28(37)33(14-12-19-8-4-3-5-9-19)30(46-23)27-29(38)34(18-26(35)36)31(44)47-27;/h3-5,8-11,16-17H,6-7,12-15,18H2,1-2H3,(H,35,36)(H,39,40,41);/q;+1/p-1/b23-10-,25-11+,30-27+;. The van der Waals surface area contributed by atoms with Crippen LogP contribution >= 0.6 is 47.1 Å². The summed E-state index contributed by atoms with van der Waals surface area (Å²) in [6.45, 7) is 0.0844. The van der Waals surface area contributed by atoms with Crippen molar-refractivity contribution in [1.29, 1.82) is 0 Å². The van der Waals surface area contributed by atoms with Crippen molar-refractivity contribution in [1.82, 2.24) is 9.47 Å². The molecule has 0 unspecified atom stereocenters. The van der Waals surface area contributed by atoms with Gasteiger partial charge in [0.2, 0.25) is 0 Å². The molecule has 1 aromatic heterocycles. The van der Waals surface area contributed by atoms with Gasteiger partial charge in [-0.15, -0.1) is 11.3 Å². The number of benzene rings is 2. The number of thiocarbonyl (C=S) groups is 1. The summed E-state index contributed by atoms with van der Waals surface area (Å²) in [5, 5.41) is 10.0. The second-order valence-electron chi connectivity index (χ2n) is 10.5. The van der Waals surface area contributed by atoms with Gasteiger partial charge in [0.15, 0.2) is 11.5 Å². The minimum absolute atomic E-state index is 0. The van der Waals surface area contributed by atoms with E-state index >= 15 is 0 Å². The van der Waals surface area contributed by atoms with Gasteiger partial charge in [-0.25, -0.2) is 8.42 Å². The molecular weight excluding hydrogens is 758 g/mol. The number of fused-ring (bicyclic) bond motifs is 1. The minimum Gasteiger partial charge on any atom is -0.748 e. The first-order valence-corrected chi connectivity index (χ1v) is 18.9. The molecule has 3 aromatic rings. The van der Waals surface area contributed by atoms with E-state index in [1.165, 1.54) is 30.5 Å². The Balaban J connectivity index is 0.00000541. The number of rotatable bonds is 13. The van der Waals surface area contributed by atoms with Crippen LogP contribution in [-0.4, -0.2) is 76.8 Å². The Hall–Kier alpha value is -1.97. The first kappa shape index (κ1) is 39.8. The number of amides is 1. The number of ether oxygens (including phenoxy) is 2. The van der Waals surface area contributed by atoms with Crippen LogP contribution in [0.2, 0.25) is 0 Å². The zero-order valence-electron chi connectivity index (χ0n) is 26.7. The number of thiazole rings is 1. The Morgan fingerprint density at radius 1 is 1.00 bits per heavy atom. The van der Waals surface area contributed by atoms with Crippen LogP contribution in [0.15, 0.2) is 63.3 Å². The van der Waals surface area contributed by atoms with Crippen molar-refractivity contribution in [3.63, 3.8) is 0 Å². The number of unbranched alkanes of at least 4 members (excludes halogenated alkanes) is 1. The van der Waals surface area contributed by atoms with E-state index in [0.717, 1.165) is 49.2 Å². The number of hydrogen-bond donors (Lipinski definition) is 1. The summed E-state index contributed by atoms with van der Waals surface area (Å²) in [6, 6.07) is 13.2. The van der Waals surface area contributed by atoms with E-state index in [-0.39, 0.29) is 79.1 Å². The van der Waals surface area contributed by atoms with Crippen molar-refractivity contribution >= 4 is 90.1 Å². The van der Waals surface area contributed by atoms with Gasteiger partial charge in [0.05, 0.1) is 39.6 Å². The van der Waals surface area contributed by atoms with Crippen molar-refractivity contribution in [3.05, 3.63) is 78.7 Å². The molecule has 49 heavy (non-hydrogen) atoms. The van der Waals surface area contributed by atoms with E-state index in [0.29, 0.717) is 40.1 Å². The number of aromatic nitrogens is 1. The molecule has 1 amide bonds. The Labute approximate surface area is 343 Å². The van der Waals surface area contributed by atoms with Gasteiger partial charge in [-0.2, -0.15) is 0 Å². The molecule has 0 atom stereocenters. The predicted molar refractivity (Wildman–Crippen MR) is 190 cm³/mol. The molecule has 0 bridgehead atoms. The van der Waals surface area contributed by atoms with Gasteiger partial charge in [-0.05, 0) is 37.0 Å². The topological polar surface area (TPSA) is 159 Å². The van der Waals surface area contributed by atoms with Crippen LogP contribution in [0.3, 0.4) is 0 Å². The molecule has 1 N–H and O–H groups in total. The number of carbonyl (C=O) groups is 2. The van der Waals surface area contributed by atoms with Crippen LogP contribution in [0.5, 0.6) is 11.5 Å². The van der Waals surface area contributed by atoms with Crippen molar-refractivity contribution in [3.8, 4) is 11.5 Å². The van der Waals surface area contributed by atoms with Crippen LogP contribution in [0, 0.1) is 0 Å². The number of hydrogen-bond acceptors (Lipinski definition) is 13. The number of carboxylic acids is 1. The molecule has 3 heterocycles.